The molecule has 1 amide bonds. The first-order chi connectivity index (χ1) is 8.74. The van der Waals surface area contributed by atoms with E-state index in [0.29, 0.717) is 11.3 Å². The molecule has 0 fully saturated rings. The van der Waals surface area contributed by atoms with E-state index in [-0.39, 0.29) is 12.5 Å². The van der Waals surface area contributed by atoms with Gasteiger partial charge in [-0.1, -0.05) is 12.1 Å². The van der Waals surface area contributed by atoms with Crippen LogP contribution >= 0.6 is 0 Å². The fourth-order valence-electron chi connectivity index (χ4n) is 1.51. The van der Waals surface area contributed by atoms with Crippen LogP contribution in [0.3, 0.4) is 0 Å². The second kappa shape index (κ2) is 5.05. The van der Waals surface area contributed by atoms with Crippen LogP contribution in [0.5, 0.6) is 0 Å². The lowest BCUT2D eigenvalue weighted by Crippen LogP contribution is -2.28. The van der Waals surface area contributed by atoms with Gasteiger partial charge in [-0.05, 0) is 22.6 Å². The number of hydrogen-bond acceptors (Lipinski definition) is 5. The summed E-state index contributed by atoms with van der Waals surface area (Å²) in [6.07, 6.45) is 1.41. The Morgan fingerprint density at radius 3 is 2.94 bits per heavy atom. The standard InChI is InChI=1S/C11H10N6O/c1-16(7-6-12)11(18)9-4-2-3-5-10(9)17-8-13-14-15-17/h2-5,8H,7H2,1H3. The monoisotopic (exact) mass is 242 g/mol. The third-order valence-electron chi connectivity index (χ3n) is 2.38. The Kier molecular flexibility index (Phi) is 3.29. The van der Waals surface area contributed by atoms with Gasteiger partial charge in [-0.15, -0.1) is 5.10 Å². The van der Waals surface area contributed by atoms with E-state index in [9.17, 15) is 4.79 Å². The topological polar surface area (TPSA) is 87.7 Å². The van der Waals surface area contributed by atoms with Gasteiger partial charge in [0.1, 0.15) is 12.9 Å². The number of nitriles is 1. The second-order valence-electron chi connectivity index (χ2n) is 3.59. The predicted octanol–water partition coefficient (Wildman–Crippen LogP) is 0.258. The summed E-state index contributed by atoms with van der Waals surface area (Å²) in [6, 6.07) is 8.89. The first-order valence-electron chi connectivity index (χ1n) is 5.19. The Labute approximate surface area is 103 Å². The lowest BCUT2D eigenvalue weighted by Gasteiger charge is -2.15. The Morgan fingerprint density at radius 1 is 1.50 bits per heavy atom. The first-order valence-corrected chi connectivity index (χ1v) is 5.19. The first kappa shape index (κ1) is 11.7. The molecule has 0 aliphatic rings. The van der Waals surface area contributed by atoms with Crippen molar-refractivity contribution >= 4 is 5.91 Å². The zero-order chi connectivity index (χ0) is 13.0. The van der Waals surface area contributed by atoms with Gasteiger partial charge < -0.3 is 4.90 Å². The lowest BCUT2D eigenvalue weighted by molar-refractivity contribution is 0.0812. The van der Waals surface area contributed by atoms with Crippen LogP contribution in [0.25, 0.3) is 5.69 Å². The number of nitrogens with zero attached hydrogens (tertiary/aromatic N) is 6. The van der Waals surface area contributed by atoms with Gasteiger partial charge in [0.25, 0.3) is 5.91 Å². The molecule has 1 aromatic heterocycles. The molecule has 0 atom stereocenters. The van der Waals surface area contributed by atoms with Crippen LogP contribution in [0.1, 0.15) is 10.4 Å². The summed E-state index contributed by atoms with van der Waals surface area (Å²) >= 11 is 0. The van der Waals surface area contributed by atoms with Crippen LogP contribution < -0.4 is 0 Å². The molecule has 90 valence electrons. The van der Waals surface area contributed by atoms with Crippen molar-refractivity contribution in [2.24, 2.45) is 0 Å². The third-order valence-corrected chi connectivity index (χ3v) is 2.38. The summed E-state index contributed by atoms with van der Waals surface area (Å²) in [4.78, 5) is 13.5. The molecule has 1 heterocycles. The minimum absolute atomic E-state index is 0.0305. The van der Waals surface area contributed by atoms with Crippen LogP contribution in [0, 0.1) is 11.3 Å². The smallest absolute Gasteiger partial charge is 0.256 e. The molecule has 2 rings (SSSR count). The molecule has 0 saturated heterocycles. The van der Waals surface area contributed by atoms with Crippen LogP contribution in [0.2, 0.25) is 0 Å². The molecule has 1 aromatic carbocycles. The van der Waals surface area contributed by atoms with E-state index < -0.39 is 0 Å². The molecule has 7 heteroatoms. The fraction of sp³-hybridized carbons (Fsp3) is 0.182. The highest BCUT2D eigenvalue weighted by Crippen LogP contribution is 2.14. The summed E-state index contributed by atoms with van der Waals surface area (Å²) in [5.41, 5.74) is 1.03. The van der Waals surface area contributed by atoms with Crippen molar-refractivity contribution in [3.63, 3.8) is 0 Å². The van der Waals surface area contributed by atoms with E-state index in [2.05, 4.69) is 15.5 Å². The van der Waals surface area contributed by atoms with E-state index >= 15 is 0 Å². The summed E-state index contributed by atoms with van der Waals surface area (Å²) in [5, 5.41) is 19.4. The Bertz CT molecular complexity index is 586. The van der Waals surface area contributed by atoms with E-state index in [1.54, 1.807) is 31.3 Å². The Hall–Kier alpha value is -2.75. The van der Waals surface area contributed by atoms with Gasteiger partial charge in [-0.2, -0.15) is 9.94 Å². The maximum Gasteiger partial charge on any atom is 0.256 e. The number of rotatable bonds is 3. The zero-order valence-electron chi connectivity index (χ0n) is 9.69. The van der Waals surface area contributed by atoms with Crippen molar-refractivity contribution in [2.45, 2.75) is 0 Å². The van der Waals surface area contributed by atoms with Crippen LogP contribution in [-0.4, -0.2) is 44.6 Å². The number of hydrogen-bond donors (Lipinski definition) is 0. The maximum absolute atomic E-state index is 12.1. The molecule has 0 aliphatic carbocycles. The van der Waals surface area contributed by atoms with Crippen molar-refractivity contribution in [3.05, 3.63) is 36.2 Å². The minimum atomic E-state index is -0.248. The van der Waals surface area contributed by atoms with Gasteiger partial charge in [0.05, 0.1) is 17.3 Å². The summed E-state index contributed by atoms with van der Waals surface area (Å²) in [6.45, 7) is 0.0305. The number of amides is 1. The molecule has 0 aliphatic heterocycles. The highest BCUT2D eigenvalue weighted by Gasteiger charge is 2.16. The van der Waals surface area contributed by atoms with E-state index in [0.717, 1.165) is 0 Å². The SMILES string of the molecule is CN(CC#N)C(=O)c1ccccc1-n1cnnn1. The molecular formula is C11H10N6O. The number of para-hydroxylation sites is 1. The Balaban J connectivity index is 2.40. The lowest BCUT2D eigenvalue weighted by atomic mass is 10.1. The van der Waals surface area contributed by atoms with Crippen molar-refractivity contribution in [1.29, 1.82) is 5.26 Å². The highest BCUT2D eigenvalue weighted by atomic mass is 16.2. The number of aromatic nitrogens is 4. The normalized spacial score (nSPS) is 9.78. The van der Waals surface area contributed by atoms with E-state index in [4.69, 9.17) is 5.26 Å². The van der Waals surface area contributed by atoms with Crippen molar-refractivity contribution in [2.75, 3.05) is 13.6 Å². The molecule has 0 bridgehead atoms. The number of carbonyl (C=O) groups excluding carboxylic acids is 1. The molecular weight excluding hydrogens is 232 g/mol. The third kappa shape index (κ3) is 2.17. The molecule has 0 N–H and O–H groups in total. The van der Waals surface area contributed by atoms with Gasteiger partial charge in [0.2, 0.25) is 0 Å². The van der Waals surface area contributed by atoms with Gasteiger partial charge in [-0.25, -0.2) is 0 Å². The van der Waals surface area contributed by atoms with Crippen molar-refractivity contribution in [1.82, 2.24) is 25.1 Å². The average molecular weight is 242 g/mol. The van der Waals surface area contributed by atoms with Crippen molar-refractivity contribution in [3.8, 4) is 11.8 Å². The molecule has 0 saturated carbocycles. The molecule has 7 nitrogen and oxygen atoms in total. The van der Waals surface area contributed by atoms with Gasteiger partial charge in [-0.3, -0.25) is 4.79 Å². The van der Waals surface area contributed by atoms with Crippen LogP contribution in [0.15, 0.2) is 30.6 Å². The zero-order valence-corrected chi connectivity index (χ0v) is 9.69. The molecule has 0 radical (unpaired) electrons. The molecule has 0 spiro atoms. The second-order valence-corrected chi connectivity index (χ2v) is 3.59. The molecule has 18 heavy (non-hydrogen) atoms. The van der Waals surface area contributed by atoms with E-state index in [1.165, 1.54) is 15.9 Å². The minimum Gasteiger partial charge on any atom is -0.328 e. The van der Waals surface area contributed by atoms with Crippen LogP contribution in [0.4, 0.5) is 0 Å². The maximum atomic E-state index is 12.1. The number of carbonyl (C=O) groups is 1. The van der Waals surface area contributed by atoms with Gasteiger partial charge >= 0.3 is 0 Å². The predicted molar refractivity (Wildman–Crippen MR) is 61.7 cm³/mol. The average Bonchev–Trinajstić information content (AvgIpc) is 2.92. The summed E-state index contributed by atoms with van der Waals surface area (Å²) in [5.74, 6) is -0.248. The van der Waals surface area contributed by atoms with E-state index in [1.807, 2.05) is 6.07 Å². The number of benzene rings is 1. The summed E-state index contributed by atoms with van der Waals surface area (Å²) in [7, 11) is 1.57. The number of tetrazole rings is 1. The Morgan fingerprint density at radius 2 is 2.28 bits per heavy atom. The van der Waals surface area contributed by atoms with Gasteiger partial charge in [0.15, 0.2) is 0 Å². The van der Waals surface area contributed by atoms with Crippen molar-refractivity contribution < 1.29 is 4.79 Å². The molecule has 2 aromatic rings. The fourth-order valence-corrected chi connectivity index (χ4v) is 1.51. The van der Waals surface area contributed by atoms with Crippen LogP contribution in [-0.2, 0) is 0 Å². The highest BCUT2D eigenvalue weighted by molar-refractivity contribution is 5.97. The quantitative estimate of drug-likeness (QED) is 0.720. The largest absolute Gasteiger partial charge is 0.328 e. The summed E-state index contributed by atoms with van der Waals surface area (Å²) < 4.78 is 1.41. The molecule has 0 unspecified atom stereocenters. The van der Waals surface area contributed by atoms with Gasteiger partial charge in [0, 0.05) is 7.05 Å².